The van der Waals surface area contributed by atoms with Gasteiger partial charge in [-0.2, -0.15) is 26.3 Å². The van der Waals surface area contributed by atoms with Crippen molar-refractivity contribution in [2.45, 2.75) is 68.0 Å². The van der Waals surface area contributed by atoms with Crippen molar-refractivity contribution in [3.63, 3.8) is 0 Å². The van der Waals surface area contributed by atoms with E-state index in [4.69, 9.17) is 0 Å². The van der Waals surface area contributed by atoms with Crippen LogP contribution in [0, 0.1) is 20.8 Å². The Hall–Kier alpha value is -5.39. The van der Waals surface area contributed by atoms with Gasteiger partial charge in [-0.3, -0.25) is 24.1 Å². The van der Waals surface area contributed by atoms with Crippen molar-refractivity contribution < 1.29 is 64.2 Å². The molecule has 2 unspecified atom stereocenters. The Kier molecular flexibility index (Phi) is 8.80. The normalized spacial score (nSPS) is 17.1. The largest absolute Gasteiger partial charge is 0.421 e. The van der Waals surface area contributed by atoms with Crippen molar-refractivity contribution in [3.8, 4) is 11.1 Å². The van der Waals surface area contributed by atoms with Crippen LogP contribution >= 0.6 is 0 Å². The maximum atomic E-state index is 14.6. The first-order chi connectivity index (χ1) is 25.1. The number of hydrogen-bond acceptors (Lipinski definition) is 8. The molecular weight excluding hydrogens is 758 g/mol. The van der Waals surface area contributed by atoms with E-state index in [0.29, 0.717) is 18.7 Å². The maximum absolute atomic E-state index is 14.6. The Morgan fingerprint density at radius 2 is 0.927 bits per heavy atom. The SMILES string of the molecule is Cc1cc(C)c(C(C)(O)C(F)(F)F)cc1-c1cc(C(C)(O)C(F)(F)F)c(N2C(=O)c3ccc(S(=O)(=O)c4ccc5c(c4)C(=O)N(C)C5=O)cc3C2=O)cc1C. The summed E-state index contributed by atoms with van der Waals surface area (Å²) < 4.78 is 113. The zero-order chi connectivity index (χ0) is 41.1. The molecule has 2 heterocycles. The quantitative estimate of drug-likeness (QED) is 0.163. The Bertz CT molecular complexity index is 2520. The third-order valence-electron chi connectivity index (χ3n) is 10.1. The van der Waals surface area contributed by atoms with Gasteiger partial charge in [0.1, 0.15) is 0 Å². The van der Waals surface area contributed by atoms with E-state index in [1.54, 1.807) is 0 Å². The number of halogens is 6. The number of rotatable bonds is 6. The van der Waals surface area contributed by atoms with Crippen molar-refractivity contribution in [3.05, 3.63) is 111 Å². The van der Waals surface area contributed by atoms with Crippen LogP contribution in [0.5, 0.6) is 0 Å². The Labute approximate surface area is 309 Å². The van der Waals surface area contributed by atoms with E-state index in [9.17, 15) is 64.2 Å². The predicted molar refractivity (Wildman–Crippen MR) is 183 cm³/mol. The number of carbonyl (C=O) groups excluding carboxylic acids is 4. The van der Waals surface area contributed by atoms with E-state index in [1.807, 2.05) is 0 Å². The number of hydrogen-bond donors (Lipinski definition) is 2. The molecule has 4 aromatic rings. The summed E-state index contributed by atoms with van der Waals surface area (Å²) in [6.07, 6.45) is -10.6. The fourth-order valence-corrected chi connectivity index (χ4v) is 8.09. The van der Waals surface area contributed by atoms with Crippen LogP contribution in [0.3, 0.4) is 0 Å². The summed E-state index contributed by atoms with van der Waals surface area (Å²) in [4.78, 5) is 52.7. The minimum Gasteiger partial charge on any atom is -0.376 e. The van der Waals surface area contributed by atoms with Crippen LogP contribution in [0.1, 0.15) is 83.1 Å². The molecule has 0 saturated carbocycles. The van der Waals surface area contributed by atoms with E-state index in [2.05, 4.69) is 0 Å². The molecule has 0 saturated heterocycles. The smallest absolute Gasteiger partial charge is 0.376 e. The highest BCUT2D eigenvalue weighted by Crippen LogP contribution is 2.48. The molecule has 2 atom stereocenters. The Balaban J connectivity index is 1.49. The third kappa shape index (κ3) is 5.83. The highest BCUT2D eigenvalue weighted by atomic mass is 32.2. The fourth-order valence-electron chi connectivity index (χ4n) is 6.78. The Morgan fingerprint density at radius 3 is 1.44 bits per heavy atom. The minimum absolute atomic E-state index is 0.0279. The van der Waals surface area contributed by atoms with Crippen molar-refractivity contribution in [2.24, 2.45) is 0 Å². The molecule has 0 aliphatic carbocycles. The molecule has 0 aromatic heterocycles. The highest BCUT2D eigenvalue weighted by Gasteiger charge is 2.55. The van der Waals surface area contributed by atoms with Gasteiger partial charge >= 0.3 is 12.4 Å². The average molecular weight is 789 g/mol. The van der Waals surface area contributed by atoms with Crippen molar-refractivity contribution in [2.75, 3.05) is 11.9 Å². The van der Waals surface area contributed by atoms with E-state index in [-0.39, 0.29) is 38.9 Å². The van der Waals surface area contributed by atoms with Crippen molar-refractivity contribution in [1.82, 2.24) is 4.90 Å². The minimum atomic E-state index is -5.43. The van der Waals surface area contributed by atoms with E-state index >= 15 is 0 Å². The highest BCUT2D eigenvalue weighted by molar-refractivity contribution is 7.91. The second-order valence-corrected chi connectivity index (χ2v) is 15.8. The molecule has 10 nitrogen and oxygen atoms in total. The number of nitrogens with zero attached hydrogens (tertiary/aromatic N) is 2. The van der Waals surface area contributed by atoms with Crippen LogP contribution in [0.15, 0.2) is 70.5 Å². The number of aryl methyl sites for hydroxylation is 3. The molecule has 0 radical (unpaired) electrons. The molecule has 2 aliphatic heterocycles. The molecule has 6 rings (SSSR count). The maximum Gasteiger partial charge on any atom is 0.421 e. The van der Waals surface area contributed by atoms with Gasteiger partial charge in [0.15, 0.2) is 11.2 Å². The lowest BCUT2D eigenvalue weighted by atomic mass is 9.83. The molecule has 2 N–H and O–H groups in total. The van der Waals surface area contributed by atoms with Gasteiger partial charge in [-0.1, -0.05) is 6.07 Å². The van der Waals surface area contributed by atoms with Gasteiger partial charge in [0.2, 0.25) is 9.84 Å². The van der Waals surface area contributed by atoms with E-state index in [1.165, 1.54) is 33.9 Å². The lowest BCUT2D eigenvalue weighted by Crippen LogP contribution is -2.42. The van der Waals surface area contributed by atoms with Crippen LogP contribution in [-0.2, 0) is 21.0 Å². The standard InChI is InChI=1S/C38H30F6N2O8S/c1-17-11-19(3)28(35(4,51)37(39,40)41)15-24(17)25-16-29(36(5,52)38(42,43)44)30(12-18(25)2)46-33(49)23-10-8-21(14-27(23)34(46)50)55(53,54)20-7-9-22-26(13-20)32(48)45(6)31(22)47/h7-16,51-52H,1-6H3. The number of aliphatic hydroxyl groups is 2. The molecule has 2 aliphatic rings. The zero-order valence-corrected chi connectivity index (χ0v) is 30.5. The summed E-state index contributed by atoms with van der Waals surface area (Å²) in [6.45, 7) is 5.02. The van der Waals surface area contributed by atoms with Crippen LogP contribution in [0.2, 0.25) is 0 Å². The molecule has 0 fully saturated rings. The summed E-state index contributed by atoms with van der Waals surface area (Å²) in [5, 5.41) is 21.5. The molecular formula is C38H30F6N2O8S. The van der Waals surface area contributed by atoms with Gasteiger partial charge in [0.25, 0.3) is 23.6 Å². The lowest BCUT2D eigenvalue weighted by molar-refractivity contribution is -0.259. The number of alkyl halides is 6. The second-order valence-electron chi connectivity index (χ2n) is 13.8. The Morgan fingerprint density at radius 1 is 0.527 bits per heavy atom. The first kappa shape index (κ1) is 39.3. The van der Waals surface area contributed by atoms with Crippen LogP contribution in [0.25, 0.3) is 11.1 Å². The molecule has 55 heavy (non-hydrogen) atoms. The number of benzene rings is 4. The summed E-state index contributed by atoms with van der Waals surface area (Å²) in [7, 11) is -3.31. The van der Waals surface area contributed by atoms with Gasteiger partial charge < -0.3 is 10.2 Å². The molecule has 0 bridgehead atoms. The number of fused-ring (bicyclic) bond motifs is 2. The molecule has 288 valence electrons. The van der Waals surface area contributed by atoms with Gasteiger partial charge in [-0.15, -0.1) is 0 Å². The summed E-state index contributed by atoms with van der Waals surface area (Å²) >= 11 is 0. The number of carbonyl (C=O) groups is 4. The number of imide groups is 2. The van der Waals surface area contributed by atoms with Crippen LogP contribution in [-0.4, -0.2) is 66.6 Å². The summed E-state index contributed by atoms with van der Waals surface area (Å²) in [6, 6.07) is 10.1. The first-order valence-corrected chi connectivity index (χ1v) is 17.7. The lowest BCUT2D eigenvalue weighted by Gasteiger charge is -2.32. The van der Waals surface area contributed by atoms with Gasteiger partial charge in [-0.05, 0) is 123 Å². The first-order valence-electron chi connectivity index (χ1n) is 16.2. The molecule has 4 aromatic carbocycles. The van der Waals surface area contributed by atoms with Crippen LogP contribution < -0.4 is 4.90 Å². The molecule has 17 heteroatoms. The van der Waals surface area contributed by atoms with E-state index in [0.717, 1.165) is 59.5 Å². The third-order valence-corrected chi connectivity index (χ3v) is 11.9. The monoisotopic (exact) mass is 788 g/mol. The number of amides is 4. The number of anilines is 1. The second kappa shape index (κ2) is 12.3. The molecule has 0 spiro atoms. The van der Waals surface area contributed by atoms with Crippen LogP contribution in [0.4, 0.5) is 32.0 Å². The summed E-state index contributed by atoms with van der Waals surface area (Å²) in [5.41, 5.74) is -10.4. The van der Waals surface area contributed by atoms with Gasteiger partial charge in [0, 0.05) is 12.6 Å². The van der Waals surface area contributed by atoms with Gasteiger partial charge in [0.05, 0.1) is 37.7 Å². The fraction of sp³-hybridized carbons (Fsp3) is 0.263. The van der Waals surface area contributed by atoms with Crippen molar-refractivity contribution >= 4 is 39.2 Å². The topological polar surface area (TPSA) is 149 Å². The number of sulfone groups is 1. The zero-order valence-electron chi connectivity index (χ0n) is 29.7. The average Bonchev–Trinajstić information content (AvgIpc) is 3.46. The van der Waals surface area contributed by atoms with E-state index < -0.39 is 94.8 Å². The molecule has 4 amide bonds. The van der Waals surface area contributed by atoms with Gasteiger partial charge in [-0.25, -0.2) is 13.3 Å². The summed E-state index contributed by atoms with van der Waals surface area (Å²) in [5.74, 6) is -3.82. The predicted octanol–water partition coefficient (Wildman–Crippen LogP) is 6.68. The van der Waals surface area contributed by atoms with Crippen molar-refractivity contribution in [1.29, 1.82) is 0 Å².